The Morgan fingerprint density at radius 2 is 1.94 bits per heavy atom. The van der Waals surface area contributed by atoms with Crippen molar-refractivity contribution < 1.29 is 19.1 Å². The second-order valence-corrected chi connectivity index (χ2v) is 5.62. The Balaban J connectivity index is 2.68. The van der Waals surface area contributed by atoms with Gasteiger partial charge in [0.2, 0.25) is 0 Å². The van der Waals surface area contributed by atoms with Crippen LogP contribution in [-0.2, 0) is 14.3 Å². The molecule has 18 heavy (non-hydrogen) atoms. The lowest BCUT2D eigenvalue weighted by Gasteiger charge is -2.30. The Kier molecular flexibility index (Phi) is 4.73. The maximum absolute atomic E-state index is 11.9. The molecule has 2 atom stereocenters. The topological polar surface area (TPSA) is 55.8 Å². The Bertz CT molecular complexity index is 321. The van der Waals surface area contributed by atoms with Crippen molar-refractivity contribution in [2.45, 2.75) is 45.8 Å². The summed E-state index contributed by atoms with van der Waals surface area (Å²) in [5, 5.41) is 0. The minimum atomic E-state index is -0.533. The molecule has 0 spiro atoms. The van der Waals surface area contributed by atoms with Gasteiger partial charge in [-0.1, -0.05) is 6.92 Å². The number of Topliss-reactive ketones (excluding diaryl/α,β-unsaturated/α-hetero) is 1. The summed E-state index contributed by atoms with van der Waals surface area (Å²) in [5.41, 5.74) is -0.533. The molecular formula is C13H23NO4. The highest BCUT2D eigenvalue weighted by Crippen LogP contribution is 2.22. The lowest BCUT2D eigenvalue weighted by Crippen LogP contribution is -2.46. The van der Waals surface area contributed by atoms with E-state index in [2.05, 4.69) is 0 Å². The minimum Gasteiger partial charge on any atom is -0.444 e. The fourth-order valence-corrected chi connectivity index (χ4v) is 1.96. The molecule has 0 saturated carbocycles. The van der Waals surface area contributed by atoms with Gasteiger partial charge in [0.1, 0.15) is 11.4 Å². The number of carbonyl (C=O) groups is 2. The standard InChI is InChI=1S/C13H23NO4/c1-6-11(15)9-7-17-8-10(9)14(5)12(16)18-13(2,3)4/h9-10H,6-8H2,1-5H3. The molecule has 0 N–H and O–H groups in total. The highest BCUT2D eigenvalue weighted by Gasteiger charge is 2.38. The summed E-state index contributed by atoms with van der Waals surface area (Å²) in [6, 6.07) is -0.215. The fraction of sp³-hybridized carbons (Fsp3) is 0.846. The van der Waals surface area contributed by atoms with Gasteiger partial charge in [-0.3, -0.25) is 4.79 Å². The predicted octanol–water partition coefficient (Wildman–Crippen LogP) is 1.85. The van der Waals surface area contributed by atoms with Gasteiger partial charge >= 0.3 is 6.09 Å². The number of carbonyl (C=O) groups excluding carboxylic acids is 2. The maximum Gasteiger partial charge on any atom is 0.410 e. The number of amides is 1. The molecule has 1 heterocycles. The first kappa shape index (κ1) is 15.0. The molecule has 2 unspecified atom stereocenters. The predicted molar refractivity (Wildman–Crippen MR) is 67.4 cm³/mol. The molecule has 1 amide bonds. The molecular weight excluding hydrogens is 234 g/mol. The molecule has 0 radical (unpaired) electrons. The van der Waals surface area contributed by atoms with Crippen molar-refractivity contribution >= 4 is 11.9 Å². The Labute approximate surface area is 108 Å². The largest absolute Gasteiger partial charge is 0.444 e. The quantitative estimate of drug-likeness (QED) is 0.774. The van der Waals surface area contributed by atoms with Crippen molar-refractivity contribution in [3.05, 3.63) is 0 Å². The molecule has 1 aliphatic heterocycles. The van der Waals surface area contributed by atoms with Crippen LogP contribution in [0.5, 0.6) is 0 Å². The molecule has 5 nitrogen and oxygen atoms in total. The molecule has 1 aliphatic rings. The van der Waals surface area contributed by atoms with Gasteiger partial charge in [0, 0.05) is 13.5 Å². The van der Waals surface area contributed by atoms with Crippen LogP contribution in [0.4, 0.5) is 4.79 Å². The highest BCUT2D eigenvalue weighted by molar-refractivity contribution is 5.82. The monoisotopic (exact) mass is 257 g/mol. The SMILES string of the molecule is CCC(=O)C1COCC1N(C)C(=O)OC(C)(C)C. The first-order chi connectivity index (χ1) is 8.26. The van der Waals surface area contributed by atoms with E-state index in [-0.39, 0.29) is 17.7 Å². The zero-order valence-electron chi connectivity index (χ0n) is 11.9. The van der Waals surface area contributed by atoms with Crippen LogP contribution in [0.1, 0.15) is 34.1 Å². The molecule has 1 saturated heterocycles. The van der Waals surface area contributed by atoms with E-state index in [1.807, 2.05) is 27.7 Å². The van der Waals surface area contributed by atoms with Gasteiger partial charge in [0.15, 0.2) is 0 Å². The summed E-state index contributed by atoms with van der Waals surface area (Å²) in [5.74, 6) is -0.0968. The molecule has 0 aliphatic carbocycles. The molecule has 1 rings (SSSR count). The first-order valence-electron chi connectivity index (χ1n) is 6.32. The third kappa shape index (κ3) is 3.70. The number of ketones is 1. The van der Waals surface area contributed by atoms with Crippen LogP contribution in [0.15, 0.2) is 0 Å². The average molecular weight is 257 g/mol. The third-order valence-corrected chi connectivity index (χ3v) is 2.99. The van der Waals surface area contributed by atoms with Crippen LogP contribution in [0.25, 0.3) is 0 Å². The minimum absolute atomic E-state index is 0.132. The smallest absolute Gasteiger partial charge is 0.410 e. The van der Waals surface area contributed by atoms with Crippen molar-refractivity contribution in [3.8, 4) is 0 Å². The zero-order valence-corrected chi connectivity index (χ0v) is 11.9. The van der Waals surface area contributed by atoms with Gasteiger partial charge in [0.25, 0.3) is 0 Å². The van der Waals surface area contributed by atoms with Crippen LogP contribution >= 0.6 is 0 Å². The number of rotatable bonds is 3. The number of likely N-dealkylation sites (N-methyl/N-ethyl adjacent to an activating group) is 1. The summed E-state index contributed by atoms with van der Waals surface area (Å²) in [4.78, 5) is 25.2. The van der Waals surface area contributed by atoms with Crippen molar-refractivity contribution in [1.82, 2.24) is 4.90 Å². The van der Waals surface area contributed by atoms with E-state index in [0.29, 0.717) is 19.6 Å². The van der Waals surface area contributed by atoms with Crippen molar-refractivity contribution in [2.75, 3.05) is 20.3 Å². The van der Waals surface area contributed by atoms with E-state index in [0.717, 1.165) is 0 Å². The van der Waals surface area contributed by atoms with Crippen LogP contribution < -0.4 is 0 Å². The number of hydrogen-bond acceptors (Lipinski definition) is 4. The summed E-state index contributed by atoms with van der Waals surface area (Å²) in [6.07, 6.45) is 0.0547. The maximum atomic E-state index is 11.9. The van der Waals surface area contributed by atoms with E-state index in [1.165, 1.54) is 4.90 Å². The molecule has 1 fully saturated rings. The van der Waals surface area contributed by atoms with Crippen molar-refractivity contribution in [3.63, 3.8) is 0 Å². The highest BCUT2D eigenvalue weighted by atomic mass is 16.6. The molecule has 0 aromatic rings. The summed E-state index contributed by atoms with van der Waals surface area (Å²) in [7, 11) is 1.66. The number of nitrogens with zero attached hydrogens (tertiary/aromatic N) is 1. The van der Waals surface area contributed by atoms with Crippen LogP contribution in [0.2, 0.25) is 0 Å². The van der Waals surface area contributed by atoms with Crippen LogP contribution in [-0.4, -0.2) is 48.7 Å². The van der Waals surface area contributed by atoms with Crippen LogP contribution in [0.3, 0.4) is 0 Å². The second-order valence-electron chi connectivity index (χ2n) is 5.62. The van der Waals surface area contributed by atoms with Crippen LogP contribution in [0, 0.1) is 5.92 Å². The summed E-state index contributed by atoms with van der Waals surface area (Å²) < 4.78 is 10.6. The van der Waals surface area contributed by atoms with Crippen molar-refractivity contribution in [2.24, 2.45) is 5.92 Å². The van der Waals surface area contributed by atoms with Gasteiger partial charge < -0.3 is 14.4 Å². The van der Waals surface area contributed by atoms with Gasteiger partial charge in [-0.05, 0) is 20.8 Å². The van der Waals surface area contributed by atoms with E-state index in [1.54, 1.807) is 7.05 Å². The van der Waals surface area contributed by atoms with E-state index < -0.39 is 11.7 Å². The lowest BCUT2D eigenvalue weighted by molar-refractivity contribution is -0.123. The van der Waals surface area contributed by atoms with Gasteiger partial charge in [-0.2, -0.15) is 0 Å². The second kappa shape index (κ2) is 5.69. The molecule has 0 aromatic carbocycles. The fourth-order valence-electron chi connectivity index (χ4n) is 1.96. The lowest BCUT2D eigenvalue weighted by atomic mass is 9.96. The molecule has 0 bridgehead atoms. The van der Waals surface area contributed by atoms with Gasteiger partial charge in [-0.25, -0.2) is 4.79 Å². The van der Waals surface area contributed by atoms with Gasteiger partial charge in [0.05, 0.1) is 25.2 Å². The van der Waals surface area contributed by atoms with Gasteiger partial charge in [-0.15, -0.1) is 0 Å². The molecule has 5 heteroatoms. The Morgan fingerprint density at radius 3 is 2.44 bits per heavy atom. The average Bonchev–Trinajstić information content (AvgIpc) is 2.73. The number of ether oxygens (including phenoxy) is 2. The Hall–Kier alpha value is -1.10. The summed E-state index contributed by atoms with van der Waals surface area (Å²) >= 11 is 0. The Morgan fingerprint density at radius 1 is 1.33 bits per heavy atom. The summed E-state index contributed by atoms with van der Waals surface area (Å²) in [6.45, 7) is 8.07. The number of hydrogen-bond donors (Lipinski definition) is 0. The van der Waals surface area contributed by atoms with E-state index in [9.17, 15) is 9.59 Å². The normalized spacial score (nSPS) is 23.8. The van der Waals surface area contributed by atoms with E-state index in [4.69, 9.17) is 9.47 Å². The van der Waals surface area contributed by atoms with E-state index >= 15 is 0 Å². The zero-order chi connectivity index (χ0) is 13.9. The molecule has 104 valence electrons. The first-order valence-corrected chi connectivity index (χ1v) is 6.32. The van der Waals surface area contributed by atoms with Crippen molar-refractivity contribution in [1.29, 1.82) is 0 Å². The molecule has 0 aromatic heterocycles. The third-order valence-electron chi connectivity index (χ3n) is 2.99.